The monoisotopic (exact) mass is 312 g/mol. The Bertz CT molecular complexity index is 561. The number of hydrogen-bond donors (Lipinski definition) is 2. The lowest BCUT2D eigenvalue weighted by atomic mass is 10.1. The molecule has 0 spiro atoms. The summed E-state index contributed by atoms with van der Waals surface area (Å²) in [5.74, 6) is -3.94. The van der Waals surface area contributed by atoms with Crippen LogP contribution in [-0.4, -0.2) is 47.7 Å². The van der Waals surface area contributed by atoms with Gasteiger partial charge in [0.25, 0.3) is 0 Å². The molecule has 0 amide bonds. The summed E-state index contributed by atoms with van der Waals surface area (Å²) < 4.78 is 13.2. The molecule has 9 nitrogen and oxygen atoms in total. The first-order chi connectivity index (χ1) is 10.4. The number of aliphatic hydroxyl groups excluding tert-OH is 1. The second-order valence-corrected chi connectivity index (χ2v) is 3.77. The highest BCUT2D eigenvalue weighted by molar-refractivity contribution is 5.93. The van der Waals surface area contributed by atoms with Gasteiger partial charge in [-0.15, -0.1) is 0 Å². The Morgan fingerprint density at radius 1 is 0.864 bits per heavy atom. The maximum atomic E-state index is 11.5. The molecule has 1 aromatic carbocycles. The summed E-state index contributed by atoms with van der Waals surface area (Å²) in [7, 11) is 0. The zero-order valence-electron chi connectivity index (χ0n) is 11.2. The van der Waals surface area contributed by atoms with E-state index in [-0.39, 0.29) is 11.1 Å². The van der Waals surface area contributed by atoms with Gasteiger partial charge in [-0.1, -0.05) is 0 Å². The third-order valence-electron chi connectivity index (χ3n) is 2.29. The zero-order chi connectivity index (χ0) is 16.5. The molecule has 0 aliphatic carbocycles. The summed E-state index contributed by atoms with van der Waals surface area (Å²) in [5, 5.41) is 17.0. The van der Waals surface area contributed by atoms with Crippen LogP contribution in [0, 0.1) is 0 Å². The summed E-state index contributed by atoms with van der Waals surface area (Å²) in [4.78, 5) is 44.1. The van der Waals surface area contributed by atoms with Crippen molar-refractivity contribution in [2.45, 2.75) is 6.42 Å². The van der Waals surface area contributed by atoms with E-state index in [9.17, 15) is 19.2 Å². The number of ether oxygens (including phenoxy) is 3. The number of carboxylic acids is 1. The van der Waals surface area contributed by atoms with Crippen LogP contribution in [-0.2, 0) is 23.8 Å². The van der Waals surface area contributed by atoms with Gasteiger partial charge in [0.15, 0.2) is 6.79 Å². The third-order valence-corrected chi connectivity index (χ3v) is 2.29. The fourth-order valence-corrected chi connectivity index (χ4v) is 1.27. The Morgan fingerprint density at radius 2 is 1.41 bits per heavy atom. The van der Waals surface area contributed by atoms with E-state index in [2.05, 4.69) is 14.2 Å². The molecular weight excluding hydrogens is 300 g/mol. The third kappa shape index (κ3) is 5.59. The smallest absolute Gasteiger partial charge is 0.340 e. The van der Waals surface area contributed by atoms with Gasteiger partial charge in [0.2, 0.25) is 6.79 Å². The van der Waals surface area contributed by atoms with E-state index in [1.54, 1.807) is 0 Å². The van der Waals surface area contributed by atoms with Gasteiger partial charge >= 0.3 is 23.9 Å². The van der Waals surface area contributed by atoms with Crippen molar-refractivity contribution in [3.05, 3.63) is 35.4 Å². The maximum Gasteiger partial charge on any atom is 0.340 e. The minimum Gasteiger partial charge on any atom is -0.478 e. The van der Waals surface area contributed by atoms with Crippen molar-refractivity contribution in [2.75, 3.05) is 13.6 Å². The average Bonchev–Trinajstić information content (AvgIpc) is 2.47. The lowest BCUT2D eigenvalue weighted by molar-refractivity contribution is -0.163. The Labute approximate surface area is 124 Å². The van der Waals surface area contributed by atoms with Crippen molar-refractivity contribution >= 4 is 23.9 Å². The number of carbonyl (C=O) groups is 4. The van der Waals surface area contributed by atoms with Crippen LogP contribution in [0.4, 0.5) is 0 Å². The summed E-state index contributed by atoms with van der Waals surface area (Å²) in [5.41, 5.74) is 0.0751. The highest BCUT2D eigenvalue weighted by atomic mass is 16.7. The van der Waals surface area contributed by atoms with Crippen molar-refractivity contribution in [3.63, 3.8) is 0 Å². The molecule has 0 bridgehead atoms. The van der Waals surface area contributed by atoms with E-state index in [1.165, 1.54) is 24.3 Å². The minimum atomic E-state index is -1.14. The van der Waals surface area contributed by atoms with Crippen LogP contribution in [0.5, 0.6) is 0 Å². The highest BCUT2D eigenvalue weighted by Gasteiger charge is 2.13. The number of rotatable bonds is 7. The molecule has 22 heavy (non-hydrogen) atoms. The van der Waals surface area contributed by atoms with Crippen LogP contribution in [0.1, 0.15) is 27.1 Å². The van der Waals surface area contributed by atoms with Crippen LogP contribution in [0.2, 0.25) is 0 Å². The predicted octanol–water partition coefficient (Wildman–Crippen LogP) is -0.0746. The zero-order valence-corrected chi connectivity index (χ0v) is 11.2. The van der Waals surface area contributed by atoms with Crippen LogP contribution in [0.25, 0.3) is 0 Å². The highest BCUT2D eigenvalue weighted by Crippen LogP contribution is 2.06. The lowest BCUT2D eigenvalue weighted by Gasteiger charge is -2.06. The summed E-state index contributed by atoms with van der Waals surface area (Å²) in [6, 6.07) is 4.92. The molecule has 2 N–H and O–H groups in total. The number of aromatic carboxylic acids is 1. The van der Waals surface area contributed by atoms with Gasteiger partial charge in [-0.3, -0.25) is 9.59 Å². The Morgan fingerprint density at radius 3 is 1.95 bits per heavy atom. The van der Waals surface area contributed by atoms with Crippen LogP contribution >= 0.6 is 0 Å². The van der Waals surface area contributed by atoms with E-state index in [0.717, 1.165) is 0 Å². The first-order valence-electron chi connectivity index (χ1n) is 5.86. The molecule has 1 rings (SSSR count). The number of esters is 3. The molecule has 118 valence electrons. The Balaban J connectivity index is 2.38. The summed E-state index contributed by atoms with van der Waals surface area (Å²) >= 11 is 0. The first kappa shape index (κ1) is 17.1. The Kier molecular flexibility index (Phi) is 6.51. The molecule has 0 aromatic heterocycles. The van der Waals surface area contributed by atoms with Crippen molar-refractivity contribution in [2.24, 2.45) is 0 Å². The van der Waals surface area contributed by atoms with Crippen molar-refractivity contribution < 1.29 is 43.6 Å². The van der Waals surface area contributed by atoms with Crippen molar-refractivity contribution in [3.8, 4) is 0 Å². The molecule has 0 radical (unpaired) electrons. The predicted molar refractivity (Wildman–Crippen MR) is 67.6 cm³/mol. The maximum absolute atomic E-state index is 11.5. The molecule has 0 atom stereocenters. The van der Waals surface area contributed by atoms with Gasteiger partial charge in [0, 0.05) is 0 Å². The minimum absolute atomic E-state index is 0.00498. The molecule has 0 aliphatic heterocycles. The van der Waals surface area contributed by atoms with Crippen LogP contribution in [0.15, 0.2) is 24.3 Å². The molecule has 1 aromatic rings. The van der Waals surface area contributed by atoms with Crippen LogP contribution < -0.4 is 0 Å². The number of hydrogen-bond acceptors (Lipinski definition) is 8. The van der Waals surface area contributed by atoms with Gasteiger partial charge in [-0.2, -0.15) is 0 Å². The molecule has 0 heterocycles. The van der Waals surface area contributed by atoms with Crippen LogP contribution in [0.3, 0.4) is 0 Å². The van der Waals surface area contributed by atoms with Gasteiger partial charge in [-0.25, -0.2) is 9.59 Å². The molecular formula is C13H12O9. The fourth-order valence-electron chi connectivity index (χ4n) is 1.27. The Hall–Kier alpha value is -2.94. The normalized spacial score (nSPS) is 9.68. The van der Waals surface area contributed by atoms with E-state index in [4.69, 9.17) is 10.2 Å². The molecule has 0 saturated heterocycles. The molecule has 0 aliphatic rings. The molecule has 0 fully saturated rings. The first-order valence-corrected chi connectivity index (χ1v) is 5.86. The molecule has 9 heteroatoms. The van der Waals surface area contributed by atoms with Crippen molar-refractivity contribution in [1.29, 1.82) is 0 Å². The van der Waals surface area contributed by atoms with Gasteiger partial charge in [0.1, 0.15) is 6.42 Å². The van der Waals surface area contributed by atoms with Gasteiger partial charge < -0.3 is 24.4 Å². The lowest BCUT2D eigenvalue weighted by Crippen LogP contribution is -2.17. The second kappa shape index (κ2) is 8.37. The van der Waals surface area contributed by atoms with E-state index >= 15 is 0 Å². The number of carbonyl (C=O) groups excluding carboxylic acids is 3. The topological polar surface area (TPSA) is 136 Å². The number of aliphatic hydroxyl groups is 1. The van der Waals surface area contributed by atoms with Gasteiger partial charge in [-0.05, 0) is 24.3 Å². The standard InChI is InChI=1S/C13H12O9/c14-6-20-10(15)5-11(16)21-7-22-13(19)9-3-1-8(2-4-9)12(17)18/h1-4,14H,5-7H2,(H,17,18). The summed E-state index contributed by atoms with van der Waals surface area (Å²) in [6.45, 7) is -1.57. The van der Waals surface area contributed by atoms with E-state index in [1.807, 2.05) is 0 Å². The SMILES string of the molecule is O=C(CC(=O)OCOC(=O)c1ccc(C(=O)O)cc1)OCO. The second-order valence-electron chi connectivity index (χ2n) is 3.77. The number of benzene rings is 1. The molecule has 0 saturated carbocycles. The molecule has 0 unspecified atom stereocenters. The van der Waals surface area contributed by atoms with Crippen molar-refractivity contribution in [1.82, 2.24) is 0 Å². The van der Waals surface area contributed by atoms with E-state index < -0.39 is 43.9 Å². The summed E-state index contributed by atoms with van der Waals surface area (Å²) in [6.07, 6.45) is -0.731. The fraction of sp³-hybridized carbons (Fsp3) is 0.231. The quantitative estimate of drug-likeness (QED) is 0.402. The van der Waals surface area contributed by atoms with E-state index in [0.29, 0.717) is 0 Å². The number of carboxylic acid groups (broad SMARTS) is 1. The average molecular weight is 312 g/mol. The van der Waals surface area contributed by atoms with Gasteiger partial charge in [0.05, 0.1) is 11.1 Å². The largest absolute Gasteiger partial charge is 0.478 e.